The van der Waals surface area contributed by atoms with Gasteiger partial charge in [0.25, 0.3) is 0 Å². The molecule has 0 radical (unpaired) electrons. The van der Waals surface area contributed by atoms with Crippen molar-refractivity contribution in [2.45, 2.75) is 39.3 Å². The Kier molecular flexibility index (Phi) is 7.40. The van der Waals surface area contributed by atoms with Crippen molar-refractivity contribution in [3.63, 3.8) is 0 Å². The van der Waals surface area contributed by atoms with Gasteiger partial charge in [0, 0.05) is 26.0 Å². The van der Waals surface area contributed by atoms with Gasteiger partial charge < -0.3 is 10.1 Å². The maximum atomic E-state index is 12.7. The highest BCUT2D eigenvalue weighted by atomic mass is 32.1. The van der Waals surface area contributed by atoms with Gasteiger partial charge >= 0.3 is 6.18 Å². The second kappa shape index (κ2) is 9.32. The topological polar surface area (TPSA) is 51.2 Å². The van der Waals surface area contributed by atoms with Crippen LogP contribution < -0.4 is 5.32 Å². The lowest BCUT2D eigenvalue weighted by Crippen LogP contribution is -2.27. The zero-order chi connectivity index (χ0) is 19.2. The molecule has 0 saturated carbocycles. The van der Waals surface area contributed by atoms with E-state index < -0.39 is 11.7 Å². The zero-order valence-corrected chi connectivity index (χ0v) is 15.7. The van der Waals surface area contributed by atoms with Gasteiger partial charge in [-0.1, -0.05) is 13.8 Å². The number of rotatable bonds is 9. The van der Waals surface area contributed by atoms with Crippen molar-refractivity contribution < 1.29 is 22.7 Å². The van der Waals surface area contributed by atoms with Gasteiger partial charge in [-0.05, 0) is 30.5 Å². The average Bonchev–Trinajstić information content (AvgIpc) is 2.97. The van der Waals surface area contributed by atoms with E-state index in [1.54, 1.807) is 0 Å². The quantitative estimate of drug-likeness (QED) is 0.647. The van der Waals surface area contributed by atoms with Crippen molar-refractivity contribution in [3.8, 4) is 0 Å². The number of carbonyl (C=O) groups excluding carboxylic acids is 1. The number of halogens is 3. The lowest BCUT2D eigenvalue weighted by atomic mass is 10.1. The van der Waals surface area contributed by atoms with Crippen LogP contribution in [0.15, 0.2) is 18.2 Å². The minimum Gasteiger partial charge on any atom is -0.380 e. The smallest absolute Gasteiger partial charge is 0.380 e. The SMILES string of the molecule is CC(C)CCOCCNC(=O)CCc1nc2cc(C(F)(F)F)ccc2s1. The Labute approximate surface area is 154 Å². The number of fused-ring (bicyclic) bond motifs is 1. The third-order valence-corrected chi connectivity index (χ3v) is 4.83. The molecular weight excluding hydrogens is 365 g/mol. The second-order valence-corrected chi connectivity index (χ2v) is 7.55. The summed E-state index contributed by atoms with van der Waals surface area (Å²) in [6.07, 6.45) is -2.74. The number of nitrogens with zero attached hydrogens (tertiary/aromatic N) is 1. The van der Waals surface area contributed by atoms with Gasteiger partial charge in [-0.25, -0.2) is 4.98 Å². The molecule has 4 nitrogen and oxygen atoms in total. The van der Waals surface area contributed by atoms with Gasteiger partial charge in [0.1, 0.15) is 0 Å². The van der Waals surface area contributed by atoms with Crippen LogP contribution in [0.1, 0.15) is 37.3 Å². The number of aryl methyl sites for hydroxylation is 1. The molecule has 0 aliphatic rings. The molecule has 0 unspecified atom stereocenters. The predicted octanol–water partition coefficient (Wildman–Crippen LogP) is 4.43. The van der Waals surface area contributed by atoms with E-state index in [9.17, 15) is 18.0 Å². The predicted molar refractivity (Wildman–Crippen MR) is 96.2 cm³/mol. The fraction of sp³-hybridized carbons (Fsp3) is 0.556. The van der Waals surface area contributed by atoms with E-state index in [1.807, 2.05) is 0 Å². The molecule has 0 bridgehead atoms. The van der Waals surface area contributed by atoms with Crippen LogP contribution in [0.25, 0.3) is 10.2 Å². The van der Waals surface area contributed by atoms with Crippen LogP contribution in [0.4, 0.5) is 13.2 Å². The maximum Gasteiger partial charge on any atom is 0.416 e. The Bertz CT molecular complexity index is 729. The van der Waals surface area contributed by atoms with Crippen molar-refractivity contribution >= 4 is 27.5 Å². The number of alkyl halides is 3. The molecule has 144 valence electrons. The van der Waals surface area contributed by atoms with Crippen LogP contribution in [-0.2, 0) is 22.1 Å². The monoisotopic (exact) mass is 388 g/mol. The first-order chi connectivity index (χ1) is 12.3. The van der Waals surface area contributed by atoms with E-state index in [2.05, 4.69) is 24.1 Å². The molecule has 0 aliphatic carbocycles. The van der Waals surface area contributed by atoms with Gasteiger partial charge in [-0.2, -0.15) is 13.2 Å². The largest absolute Gasteiger partial charge is 0.416 e. The van der Waals surface area contributed by atoms with Gasteiger partial charge in [-0.3, -0.25) is 4.79 Å². The first-order valence-electron chi connectivity index (χ1n) is 8.57. The summed E-state index contributed by atoms with van der Waals surface area (Å²) in [4.78, 5) is 16.0. The lowest BCUT2D eigenvalue weighted by molar-refractivity contribution is -0.137. The van der Waals surface area contributed by atoms with Crippen LogP contribution in [-0.4, -0.2) is 30.6 Å². The number of aromatic nitrogens is 1. The summed E-state index contributed by atoms with van der Waals surface area (Å²) in [7, 11) is 0. The molecule has 1 heterocycles. The summed E-state index contributed by atoms with van der Waals surface area (Å²) >= 11 is 1.31. The Morgan fingerprint density at radius 3 is 2.77 bits per heavy atom. The highest BCUT2D eigenvalue weighted by Crippen LogP contribution is 2.33. The molecule has 0 fully saturated rings. The van der Waals surface area contributed by atoms with Crippen LogP contribution in [0.3, 0.4) is 0 Å². The lowest BCUT2D eigenvalue weighted by Gasteiger charge is -2.07. The van der Waals surface area contributed by atoms with Crippen molar-refractivity contribution in [1.82, 2.24) is 10.3 Å². The number of nitrogens with one attached hydrogen (secondary N) is 1. The number of ether oxygens (including phenoxy) is 1. The van der Waals surface area contributed by atoms with Crippen LogP contribution in [0, 0.1) is 5.92 Å². The molecular formula is C18H23F3N2O2S. The second-order valence-electron chi connectivity index (χ2n) is 6.43. The van der Waals surface area contributed by atoms with Crippen molar-refractivity contribution in [3.05, 3.63) is 28.8 Å². The number of amides is 1. The molecule has 0 atom stereocenters. The fourth-order valence-electron chi connectivity index (χ4n) is 2.25. The van der Waals surface area contributed by atoms with Gasteiger partial charge in [0.05, 0.1) is 27.4 Å². The average molecular weight is 388 g/mol. The van der Waals surface area contributed by atoms with E-state index in [-0.39, 0.29) is 12.3 Å². The van der Waals surface area contributed by atoms with Crippen molar-refractivity contribution in [1.29, 1.82) is 0 Å². The third-order valence-electron chi connectivity index (χ3n) is 3.73. The molecule has 8 heteroatoms. The standard InChI is InChI=1S/C18H23F3N2O2S/c1-12(2)7-9-25-10-8-22-16(24)5-6-17-23-14-11-13(18(19,20)21)3-4-15(14)26-17/h3-4,11-12H,5-10H2,1-2H3,(H,22,24). The number of benzene rings is 1. The minimum atomic E-state index is -4.38. The summed E-state index contributed by atoms with van der Waals surface area (Å²) in [5.74, 6) is 0.471. The Morgan fingerprint density at radius 2 is 2.08 bits per heavy atom. The molecule has 1 aromatic carbocycles. The van der Waals surface area contributed by atoms with E-state index in [0.717, 1.165) is 18.6 Å². The Hall–Kier alpha value is -1.67. The van der Waals surface area contributed by atoms with E-state index >= 15 is 0 Å². The van der Waals surface area contributed by atoms with Crippen molar-refractivity contribution in [2.24, 2.45) is 5.92 Å². The minimum absolute atomic E-state index is 0.118. The third kappa shape index (κ3) is 6.57. The van der Waals surface area contributed by atoms with E-state index in [0.29, 0.717) is 47.3 Å². The summed E-state index contributed by atoms with van der Waals surface area (Å²) < 4.78 is 44.3. The molecule has 0 saturated heterocycles. The van der Waals surface area contributed by atoms with Gasteiger partial charge in [0.15, 0.2) is 0 Å². The first kappa shape index (κ1) is 20.6. The number of thiazole rings is 1. The normalized spacial score (nSPS) is 12.1. The number of carbonyl (C=O) groups is 1. The fourth-order valence-corrected chi connectivity index (χ4v) is 3.20. The Morgan fingerprint density at radius 1 is 1.31 bits per heavy atom. The van der Waals surface area contributed by atoms with Crippen molar-refractivity contribution in [2.75, 3.05) is 19.8 Å². The molecule has 1 aromatic heterocycles. The highest BCUT2D eigenvalue weighted by molar-refractivity contribution is 7.18. The van der Waals surface area contributed by atoms with Crippen LogP contribution in [0.2, 0.25) is 0 Å². The van der Waals surface area contributed by atoms with Crippen LogP contribution >= 0.6 is 11.3 Å². The molecule has 0 aliphatic heterocycles. The van der Waals surface area contributed by atoms with E-state index in [1.165, 1.54) is 17.4 Å². The molecule has 1 N–H and O–H groups in total. The molecule has 1 amide bonds. The van der Waals surface area contributed by atoms with E-state index in [4.69, 9.17) is 4.74 Å². The molecule has 2 rings (SSSR count). The highest BCUT2D eigenvalue weighted by Gasteiger charge is 2.30. The van der Waals surface area contributed by atoms with Crippen LogP contribution in [0.5, 0.6) is 0 Å². The summed E-state index contributed by atoms with van der Waals surface area (Å²) in [6, 6.07) is 3.52. The molecule has 26 heavy (non-hydrogen) atoms. The summed E-state index contributed by atoms with van der Waals surface area (Å²) in [6.45, 7) is 5.85. The number of hydrogen-bond donors (Lipinski definition) is 1. The first-order valence-corrected chi connectivity index (χ1v) is 9.38. The molecule has 0 spiro atoms. The molecule has 2 aromatic rings. The Balaban J connectivity index is 1.76. The summed E-state index contributed by atoms with van der Waals surface area (Å²) in [5, 5.41) is 3.42. The van der Waals surface area contributed by atoms with Gasteiger partial charge in [-0.15, -0.1) is 11.3 Å². The summed E-state index contributed by atoms with van der Waals surface area (Å²) in [5.41, 5.74) is -0.393. The number of hydrogen-bond acceptors (Lipinski definition) is 4. The zero-order valence-electron chi connectivity index (χ0n) is 14.9. The maximum absolute atomic E-state index is 12.7. The van der Waals surface area contributed by atoms with Gasteiger partial charge in [0.2, 0.25) is 5.91 Å².